The summed E-state index contributed by atoms with van der Waals surface area (Å²) in [4.78, 5) is 0.0667. The van der Waals surface area contributed by atoms with Crippen molar-refractivity contribution < 1.29 is 8.42 Å². The van der Waals surface area contributed by atoms with Crippen LogP contribution in [0.3, 0.4) is 0 Å². The van der Waals surface area contributed by atoms with E-state index in [0.717, 1.165) is 12.8 Å². The fourth-order valence-electron chi connectivity index (χ4n) is 2.44. The van der Waals surface area contributed by atoms with Crippen molar-refractivity contribution in [3.8, 4) is 0 Å². The highest BCUT2D eigenvalue weighted by Gasteiger charge is 2.32. The number of nitrogens with zero attached hydrogens (tertiary/aromatic N) is 1. The Balaban J connectivity index is 0.00000220. The second-order valence-electron chi connectivity index (χ2n) is 5.20. The molecule has 1 aromatic rings. The summed E-state index contributed by atoms with van der Waals surface area (Å²) in [5.41, 5.74) is 5.90. The van der Waals surface area contributed by atoms with Gasteiger partial charge in [0.25, 0.3) is 0 Å². The third-order valence-corrected chi connectivity index (χ3v) is 6.26. The van der Waals surface area contributed by atoms with Crippen LogP contribution in [-0.4, -0.2) is 31.9 Å². The molecule has 8 heteroatoms. The van der Waals surface area contributed by atoms with E-state index in [9.17, 15) is 8.42 Å². The average Bonchev–Trinajstić information content (AvgIpc) is 2.41. The van der Waals surface area contributed by atoms with Crippen LogP contribution in [0.2, 0.25) is 10.0 Å². The average molecular weight is 374 g/mol. The van der Waals surface area contributed by atoms with Crippen LogP contribution in [0.15, 0.2) is 23.1 Å². The third kappa shape index (κ3) is 4.24. The molecule has 1 aliphatic heterocycles. The van der Waals surface area contributed by atoms with E-state index in [1.54, 1.807) is 6.07 Å². The van der Waals surface area contributed by atoms with E-state index >= 15 is 0 Å². The van der Waals surface area contributed by atoms with Crippen molar-refractivity contribution in [2.45, 2.75) is 30.7 Å². The molecule has 1 saturated heterocycles. The van der Waals surface area contributed by atoms with Gasteiger partial charge in [0.1, 0.15) is 4.90 Å². The molecule has 1 heterocycles. The van der Waals surface area contributed by atoms with Gasteiger partial charge in [-0.2, -0.15) is 4.31 Å². The summed E-state index contributed by atoms with van der Waals surface area (Å²) in [6.07, 6.45) is 1.76. The fraction of sp³-hybridized carbons (Fsp3) is 0.538. The molecule has 0 spiro atoms. The number of nitrogens with two attached hydrogens (primary N) is 1. The highest BCUT2D eigenvalue weighted by Crippen LogP contribution is 2.30. The SMILES string of the molecule is CC(N)C1CCCN(S(=O)(=O)c2cc(Cl)ccc2Cl)C1.Cl. The van der Waals surface area contributed by atoms with Crippen molar-refractivity contribution in [3.63, 3.8) is 0 Å². The number of sulfonamides is 1. The van der Waals surface area contributed by atoms with Crippen molar-refractivity contribution in [1.29, 1.82) is 0 Å². The van der Waals surface area contributed by atoms with Gasteiger partial charge in [0.2, 0.25) is 10.0 Å². The molecule has 0 radical (unpaired) electrons. The van der Waals surface area contributed by atoms with Crippen LogP contribution in [0, 0.1) is 5.92 Å². The maximum Gasteiger partial charge on any atom is 0.244 e. The molecule has 0 bridgehead atoms. The van der Waals surface area contributed by atoms with Gasteiger partial charge < -0.3 is 5.73 Å². The Hall–Kier alpha value is -0.0400. The zero-order valence-electron chi connectivity index (χ0n) is 11.6. The molecule has 2 N–H and O–H groups in total. The third-order valence-electron chi connectivity index (χ3n) is 3.68. The zero-order chi connectivity index (χ0) is 14.9. The van der Waals surface area contributed by atoms with Gasteiger partial charge in [0.15, 0.2) is 0 Å². The molecular weight excluding hydrogens is 355 g/mol. The molecule has 2 unspecified atom stereocenters. The highest BCUT2D eigenvalue weighted by molar-refractivity contribution is 7.89. The zero-order valence-corrected chi connectivity index (χ0v) is 14.8. The first-order valence-electron chi connectivity index (χ1n) is 6.53. The summed E-state index contributed by atoms with van der Waals surface area (Å²) in [7, 11) is -3.62. The predicted molar refractivity (Wildman–Crippen MR) is 88.8 cm³/mol. The van der Waals surface area contributed by atoms with Crippen molar-refractivity contribution in [2.75, 3.05) is 13.1 Å². The monoisotopic (exact) mass is 372 g/mol. The number of piperidine rings is 1. The van der Waals surface area contributed by atoms with Crippen molar-refractivity contribution in [1.82, 2.24) is 4.31 Å². The number of hydrogen-bond acceptors (Lipinski definition) is 3. The lowest BCUT2D eigenvalue weighted by molar-refractivity contribution is 0.243. The molecule has 4 nitrogen and oxygen atoms in total. The van der Waals surface area contributed by atoms with Gasteiger partial charge in [-0.05, 0) is 43.9 Å². The molecule has 2 atom stereocenters. The van der Waals surface area contributed by atoms with Gasteiger partial charge in [-0.1, -0.05) is 23.2 Å². The van der Waals surface area contributed by atoms with Crippen LogP contribution in [0.25, 0.3) is 0 Å². The van der Waals surface area contributed by atoms with Crippen LogP contribution in [0.5, 0.6) is 0 Å². The van der Waals surface area contributed by atoms with Gasteiger partial charge in [-0.25, -0.2) is 8.42 Å². The van der Waals surface area contributed by atoms with Crippen molar-refractivity contribution >= 4 is 45.6 Å². The maximum atomic E-state index is 12.7. The molecule has 1 aromatic carbocycles. The molecule has 1 aliphatic rings. The minimum atomic E-state index is -3.62. The predicted octanol–water partition coefficient (Wildman–Crippen LogP) is 3.16. The first-order valence-corrected chi connectivity index (χ1v) is 8.72. The molecule has 120 valence electrons. The minimum Gasteiger partial charge on any atom is -0.328 e. The van der Waals surface area contributed by atoms with E-state index in [2.05, 4.69) is 0 Å². The molecule has 0 saturated carbocycles. The topological polar surface area (TPSA) is 63.4 Å². The van der Waals surface area contributed by atoms with E-state index in [4.69, 9.17) is 28.9 Å². The van der Waals surface area contributed by atoms with Gasteiger partial charge in [-0.3, -0.25) is 0 Å². The van der Waals surface area contributed by atoms with Gasteiger partial charge in [-0.15, -0.1) is 12.4 Å². The second-order valence-corrected chi connectivity index (χ2v) is 7.95. The van der Waals surface area contributed by atoms with Crippen molar-refractivity contribution in [3.05, 3.63) is 28.2 Å². The maximum absolute atomic E-state index is 12.7. The molecule has 1 fully saturated rings. The first kappa shape index (κ1) is 19.0. The Labute approximate surface area is 142 Å². The molecule has 21 heavy (non-hydrogen) atoms. The molecule has 0 aromatic heterocycles. The lowest BCUT2D eigenvalue weighted by atomic mass is 9.93. The first-order chi connectivity index (χ1) is 9.32. The summed E-state index contributed by atoms with van der Waals surface area (Å²) >= 11 is 11.9. The second kappa shape index (κ2) is 7.49. The van der Waals surface area contributed by atoms with E-state index in [1.165, 1.54) is 16.4 Å². The van der Waals surface area contributed by atoms with Gasteiger partial charge >= 0.3 is 0 Å². The Kier molecular flexibility index (Phi) is 6.78. The summed E-state index contributed by atoms with van der Waals surface area (Å²) < 4.78 is 26.8. The smallest absolute Gasteiger partial charge is 0.244 e. The normalized spacial score (nSPS) is 21.6. The molecular formula is C13H19Cl3N2O2S. The van der Waals surface area contributed by atoms with Crippen LogP contribution >= 0.6 is 35.6 Å². The van der Waals surface area contributed by atoms with Crippen LogP contribution in [0.4, 0.5) is 0 Å². The quantitative estimate of drug-likeness (QED) is 0.885. The Morgan fingerprint density at radius 1 is 1.38 bits per heavy atom. The highest BCUT2D eigenvalue weighted by atomic mass is 35.5. The summed E-state index contributed by atoms with van der Waals surface area (Å²) in [6.45, 7) is 2.84. The fourth-order valence-corrected chi connectivity index (χ4v) is 4.71. The van der Waals surface area contributed by atoms with Crippen LogP contribution in [-0.2, 0) is 10.0 Å². The molecule has 0 amide bonds. The Bertz CT molecular complexity index is 593. The van der Waals surface area contributed by atoms with E-state index in [-0.39, 0.29) is 34.3 Å². The van der Waals surface area contributed by atoms with Crippen LogP contribution in [0.1, 0.15) is 19.8 Å². The number of hydrogen-bond donors (Lipinski definition) is 1. The molecule has 0 aliphatic carbocycles. The van der Waals surface area contributed by atoms with Crippen molar-refractivity contribution in [2.24, 2.45) is 11.7 Å². The van der Waals surface area contributed by atoms with E-state index < -0.39 is 10.0 Å². The lowest BCUT2D eigenvalue weighted by Crippen LogP contribution is -2.45. The Morgan fingerprint density at radius 2 is 2.05 bits per heavy atom. The minimum absolute atomic E-state index is 0. The number of halogens is 3. The van der Waals surface area contributed by atoms with Gasteiger partial charge in [0.05, 0.1) is 5.02 Å². The van der Waals surface area contributed by atoms with E-state index in [0.29, 0.717) is 18.1 Å². The Morgan fingerprint density at radius 3 is 2.67 bits per heavy atom. The summed E-state index contributed by atoms with van der Waals surface area (Å²) in [6, 6.07) is 4.45. The number of benzene rings is 1. The van der Waals surface area contributed by atoms with E-state index in [1.807, 2.05) is 6.92 Å². The lowest BCUT2D eigenvalue weighted by Gasteiger charge is -2.33. The van der Waals surface area contributed by atoms with Crippen LogP contribution < -0.4 is 5.73 Å². The van der Waals surface area contributed by atoms with Gasteiger partial charge in [0, 0.05) is 24.2 Å². The summed E-state index contributed by atoms with van der Waals surface area (Å²) in [5, 5.41) is 0.547. The largest absolute Gasteiger partial charge is 0.328 e. The standard InChI is InChI=1S/C13H18Cl2N2O2S.ClH/c1-9(16)10-3-2-6-17(8-10)20(18,19)13-7-11(14)4-5-12(13)15;/h4-5,7,9-10H,2-3,6,8,16H2,1H3;1H. The number of rotatable bonds is 3. The molecule has 2 rings (SSSR count). The summed E-state index contributed by atoms with van der Waals surface area (Å²) in [5.74, 6) is 0.177.